The van der Waals surface area contributed by atoms with Gasteiger partial charge in [-0.15, -0.1) is 0 Å². The van der Waals surface area contributed by atoms with E-state index in [4.69, 9.17) is 17.3 Å². The van der Waals surface area contributed by atoms with Gasteiger partial charge in [0.2, 0.25) is 5.91 Å². The lowest BCUT2D eigenvalue weighted by molar-refractivity contribution is -0.118. The topological polar surface area (TPSA) is 71.8 Å². The minimum Gasteiger partial charge on any atom is -0.369 e. The highest BCUT2D eigenvalue weighted by atomic mass is 35.5. The molecule has 0 aliphatic rings. The minimum atomic E-state index is -0.490. The number of nitrogens with one attached hydrogen (secondary N) is 1. The van der Waals surface area contributed by atoms with Crippen molar-refractivity contribution in [3.05, 3.63) is 77.1 Å². The van der Waals surface area contributed by atoms with Crippen molar-refractivity contribution in [2.24, 2.45) is 5.73 Å². The van der Waals surface area contributed by atoms with Gasteiger partial charge in [-0.1, -0.05) is 48.0 Å². The van der Waals surface area contributed by atoms with Crippen LogP contribution in [0.2, 0.25) is 5.02 Å². The summed E-state index contributed by atoms with van der Waals surface area (Å²) in [7, 11) is 0. The van der Waals surface area contributed by atoms with Gasteiger partial charge in [-0.3, -0.25) is 9.89 Å². The molecule has 0 saturated carbocycles. The van der Waals surface area contributed by atoms with Gasteiger partial charge in [0.1, 0.15) is 0 Å². The second kappa shape index (κ2) is 6.03. The van der Waals surface area contributed by atoms with Crippen LogP contribution >= 0.6 is 11.6 Å². The monoisotopic (exact) mass is 311 g/mol. The lowest BCUT2D eigenvalue weighted by Crippen LogP contribution is -2.22. The van der Waals surface area contributed by atoms with Gasteiger partial charge < -0.3 is 5.73 Å². The van der Waals surface area contributed by atoms with E-state index in [9.17, 15) is 4.79 Å². The maximum absolute atomic E-state index is 11.9. The predicted molar refractivity (Wildman–Crippen MR) is 86.5 cm³/mol. The van der Waals surface area contributed by atoms with Crippen molar-refractivity contribution >= 4 is 17.5 Å². The molecule has 1 atom stereocenters. The second-order valence-corrected chi connectivity index (χ2v) is 5.43. The fourth-order valence-electron chi connectivity index (χ4n) is 2.45. The summed E-state index contributed by atoms with van der Waals surface area (Å²) in [6, 6.07) is 14.9. The molecule has 22 heavy (non-hydrogen) atoms. The largest absolute Gasteiger partial charge is 0.369 e. The number of hydrogen-bond acceptors (Lipinski definition) is 2. The van der Waals surface area contributed by atoms with Crippen molar-refractivity contribution in [3.63, 3.8) is 0 Å². The smallest absolute Gasteiger partial charge is 0.229 e. The highest BCUT2D eigenvalue weighted by Crippen LogP contribution is 2.27. The standard InChI is InChI=1S/C17H14ClN3O/c18-15-7-5-13(6-8-15)16(17(19)22)12-3-1-11(2-4-12)14-9-20-21-10-14/h1-10,16H,(H2,19,22)(H,20,21). The molecular formula is C17H14ClN3O. The van der Waals surface area contributed by atoms with Crippen LogP contribution in [0.5, 0.6) is 0 Å². The molecule has 0 spiro atoms. The Labute approximate surface area is 132 Å². The Kier molecular flexibility index (Phi) is 3.94. The number of primary amides is 1. The van der Waals surface area contributed by atoms with E-state index in [0.29, 0.717) is 5.02 Å². The summed E-state index contributed by atoms with van der Waals surface area (Å²) in [6.07, 6.45) is 3.57. The SMILES string of the molecule is NC(=O)C(c1ccc(Cl)cc1)c1ccc(-c2cn[nH]c2)cc1. The molecule has 0 fully saturated rings. The van der Waals surface area contributed by atoms with E-state index in [1.54, 1.807) is 18.3 Å². The van der Waals surface area contributed by atoms with E-state index in [0.717, 1.165) is 22.3 Å². The second-order valence-electron chi connectivity index (χ2n) is 5.00. The first kappa shape index (κ1) is 14.4. The number of nitrogens with two attached hydrogens (primary N) is 1. The van der Waals surface area contributed by atoms with Crippen LogP contribution in [-0.4, -0.2) is 16.1 Å². The molecule has 0 aliphatic heterocycles. The maximum atomic E-state index is 11.9. The summed E-state index contributed by atoms with van der Waals surface area (Å²) >= 11 is 5.89. The highest BCUT2D eigenvalue weighted by molar-refractivity contribution is 6.30. The number of carbonyl (C=O) groups excluding carboxylic acids is 1. The van der Waals surface area contributed by atoms with Crippen molar-refractivity contribution in [1.82, 2.24) is 10.2 Å². The van der Waals surface area contributed by atoms with E-state index in [2.05, 4.69) is 10.2 Å². The molecule has 1 amide bonds. The number of amides is 1. The van der Waals surface area contributed by atoms with Crippen LogP contribution in [0.15, 0.2) is 60.9 Å². The number of nitrogens with zero attached hydrogens (tertiary/aromatic N) is 1. The summed E-state index contributed by atoms with van der Waals surface area (Å²) in [5.41, 5.74) is 9.28. The Bertz CT molecular complexity index is 765. The van der Waals surface area contributed by atoms with Crippen LogP contribution in [0, 0.1) is 0 Å². The zero-order chi connectivity index (χ0) is 15.5. The summed E-state index contributed by atoms with van der Waals surface area (Å²) < 4.78 is 0. The van der Waals surface area contributed by atoms with Gasteiger partial charge in [0, 0.05) is 16.8 Å². The number of benzene rings is 2. The Morgan fingerprint density at radius 3 is 2.09 bits per heavy atom. The van der Waals surface area contributed by atoms with Crippen molar-refractivity contribution in [3.8, 4) is 11.1 Å². The van der Waals surface area contributed by atoms with Crippen molar-refractivity contribution in [1.29, 1.82) is 0 Å². The highest BCUT2D eigenvalue weighted by Gasteiger charge is 2.20. The fraction of sp³-hybridized carbons (Fsp3) is 0.0588. The average molecular weight is 312 g/mol. The van der Waals surface area contributed by atoms with Crippen molar-refractivity contribution in [2.45, 2.75) is 5.92 Å². The molecule has 1 heterocycles. The van der Waals surface area contributed by atoms with Crippen LogP contribution in [0.3, 0.4) is 0 Å². The number of aromatic nitrogens is 2. The molecular weight excluding hydrogens is 298 g/mol. The molecule has 5 heteroatoms. The molecule has 110 valence electrons. The molecule has 3 rings (SSSR count). The molecule has 4 nitrogen and oxygen atoms in total. The molecule has 2 aromatic carbocycles. The van der Waals surface area contributed by atoms with E-state index < -0.39 is 11.8 Å². The van der Waals surface area contributed by atoms with E-state index in [1.807, 2.05) is 42.6 Å². The predicted octanol–water partition coefficient (Wildman–Crippen LogP) is 3.35. The average Bonchev–Trinajstić information content (AvgIpc) is 3.04. The summed E-state index contributed by atoms with van der Waals surface area (Å²) in [4.78, 5) is 11.9. The van der Waals surface area contributed by atoms with Gasteiger partial charge in [-0.2, -0.15) is 5.10 Å². The van der Waals surface area contributed by atoms with Crippen LogP contribution in [-0.2, 0) is 4.79 Å². The number of H-pyrrole nitrogens is 1. The zero-order valence-corrected chi connectivity index (χ0v) is 12.4. The molecule has 0 aliphatic carbocycles. The lowest BCUT2D eigenvalue weighted by atomic mass is 9.90. The maximum Gasteiger partial charge on any atom is 0.229 e. The first-order valence-corrected chi connectivity index (χ1v) is 7.17. The van der Waals surface area contributed by atoms with Gasteiger partial charge in [-0.05, 0) is 28.8 Å². The number of carbonyl (C=O) groups is 1. The Hall–Kier alpha value is -2.59. The molecule has 3 aromatic rings. The van der Waals surface area contributed by atoms with Gasteiger partial charge in [0.05, 0.1) is 12.1 Å². The van der Waals surface area contributed by atoms with E-state index in [-0.39, 0.29) is 0 Å². The summed E-state index contributed by atoms with van der Waals surface area (Å²) in [5, 5.41) is 7.33. The third-order valence-electron chi connectivity index (χ3n) is 3.56. The summed E-state index contributed by atoms with van der Waals surface area (Å²) in [5.74, 6) is -0.881. The number of aromatic amines is 1. The minimum absolute atomic E-state index is 0.390. The fourth-order valence-corrected chi connectivity index (χ4v) is 2.58. The third-order valence-corrected chi connectivity index (χ3v) is 3.82. The van der Waals surface area contributed by atoms with Gasteiger partial charge in [0.15, 0.2) is 0 Å². The quantitative estimate of drug-likeness (QED) is 0.775. The number of halogens is 1. The zero-order valence-electron chi connectivity index (χ0n) is 11.7. The van der Waals surface area contributed by atoms with Crippen LogP contribution < -0.4 is 5.73 Å². The first-order chi connectivity index (χ1) is 10.6. The van der Waals surface area contributed by atoms with Gasteiger partial charge in [-0.25, -0.2) is 0 Å². The van der Waals surface area contributed by atoms with E-state index >= 15 is 0 Å². The molecule has 1 aromatic heterocycles. The lowest BCUT2D eigenvalue weighted by Gasteiger charge is -2.15. The Morgan fingerprint density at radius 2 is 1.59 bits per heavy atom. The molecule has 0 bridgehead atoms. The van der Waals surface area contributed by atoms with Gasteiger partial charge >= 0.3 is 0 Å². The summed E-state index contributed by atoms with van der Waals surface area (Å²) in [6.45, 7) is 0. The van der Waals surface area contributed by atoms with Crippen LogP contribution in [0.4, 0.5) is 0 Å². The molecule has 3 N–H and O–H groups in total. The van der Waals surface area contributed by atoms with Gasteiger partial charge in [0.25, 0.3) is 0 Å². The van der Waals surface area contributed by atoms with Crippen molar-refractivity contribution < 1.29 is 4.79 Å². The third kappa shape index (κ3) is 2.87. The number of hydrogen-bond donors (Lipinski definition) is 2. The Balaban J connectivity index is 1.95. The molecule has 0 saturated heterocycles. The van der Waals surface area contributed by atoms with E-state index in [1.165, 1.54) is 0 Å². The molecule has 0 radical (unpaired) electrons. The first-order valence-electron chi connectivity index (χ1n) is 6.79. The molecule has 1 unspecified atom stereocenters. The normalized spacial score (nSPS) is 12.0. The van der Waals surface area contributed by atoms with Crippen molar-refractivity contribution in [2.75, 3.05) is 0 Å². The number of rotatable bonds is 4. The van der Waals surface area contributed by atoms with Crippen LogP contribution in [0.25, 0.3) is 11.1 Å². The van der Waals surface area contributed by atoms with Crippen LogP contribution in [0.1, 0.15) is 17.0 Å². The Morgan fingerprint density at radius 1 is 1.00 bits per heavy atom.